The summed E-state index contributed by atoms with van der Waals surface area (Å²) in [5, 5.41) is 5.31. The maximum absolute atomic E-state index is 11.5. The van der Waals surface area contributed by atoms with Gasteiger partial charge >= 0.3 is 0 Å². The van der Waals surface area contributed by atoms with Crippen LogP contribution in [0.1, 0.15) is 34.1 Å². The minimum Gasteiger partial charge on any atom is -0.352 e. The van der Waals surface area contributed by atoms with Crippen molar-refractivity contribution >= 4 is 24.2 Å². The van der Waals surface area contributed by atoms with Crippen LogP contribution in [0.25, 0.3) is 0 Å². The number of carbonyl (C=O) groups is 2. The second-order valence-corrected chi connectivity index (χ2v) is 3.84. The lowest BCUT2D eigenvalue weighted by Gasteiger charge is -2.18. The first-order chi connectivity index (χ1) is 6.88. The first kappa shape index (κ1) is 17.6. The van der Waals surface area contributed by atoms with Crippen LogP contribution in [0.4, 0.5) is 0 Å². The van der Waals surface area contributed by atoms with Crippen molar-refractivity contribution in [3.8, 4) is 0 Å². The zero-order valence-electron chi connectivity index (χ0n) is 10.2. The molecule has 0 bridgehead atoms. The van der Waals surface area contributed by atoms with Crippen LogP contribution in [-0.4, -0.2) is 29.9 Å². The Morgan fingerprint density at radius 2 is 1.62 bits per heavy atom. The van der Waals surface area contributed by atoms with E-state index in [-0.39, 0.29) is 30.3 Å². The summed E-state index contributed by atoms with van der Waals surface area (Å²) in [5.74, 6) is -0.500. The third kappa shape index (κ3) is 6.63. The molecule has 0 aliphatic carbocycles. The zero-order valence-corrected chi connectivity index (χ0v) is 11.1. The van der Waals surface area contributed by atoms with Crippen LogP contribution in [0.5, 0.6) is 0 Å². The SMILES string of the molecule is CCC(C)NC(=O)C(C)NC(=O)[C@H](C)N.Cl. The minimum atomic E-state index is -0.594. The highest BCUT2D eigenvalue weighted by atomic mass is 35.5. The fraction of sp³-hybridized carbons (Fsp3) is 0.800. The zero-order chi connectivity index (χ0) is 12.0. The van der Waals surface area contributed by atoms with Crippen LogP contribution >= 0.6 is 12.4 Å². The van der Waals surface area contributed by atoms with Gasteiger partial charge in [-0.1, -0.05) is 6.92 Å². The lowest BCUT2D eigenvalue weighted by Crippen LogP contribution is -2.50. The number of rotatable bonds is 5. The molecule has 0 spiro atoms. The molecule has 0 rings (SSSR count). The van der Waals surface area contributed by atoms with Crippen LogP contribution in [0.3, 0.4) is 0 Å². The quantitative estimate of drug-likeness (QED) is 0.652. The van der Waals surface area contributed by atoms with Crippen molar-refractivity contribution < 1.29 is 9.59 Å². The van der Waals surface area contributed by atoms with Crippen molar-refractivity contribution in [2.45, 2.75) is 52.2 Å². The molecular weight excluding hydrogens is 230 g/mol. The molecule has 0 aromatic rings. The van der Waals surface area contributed by atoms with Crippen LogP contribution in [0.15, 0.2) is 0 Å². The van der Waals surface area contributed by atoms with Gasteiger partial charge in [0, 0.05) is 6.04 Å². The van der Waals surface area contributed by atoms with E-state index in [0.29, 0.717) is 0 Å². The van der Waals surface area contributed by atoms with E-state index in [1.807, 2.05) is 13.8 Å². The molecule has 5 nitrogen and oxygen atoms in total. The van der Waals surface area contributed by atoms with Crippen molar-refractivity contribution in [3.63, 3.8) is 0 Å². The van der Waals surface area contributed by atoms with Gasteiger partial charge in [-0.05, 0) is 27.2 Å². The summed E-state index contributed by atoms with van der Waals surface area (Å²) in [7, 11) is 0. The molecule has 0 radical (unpaired) electrons. The maximum Gasteiger partial charge on any atom is 0.242 e. The Labute approximate surface area is 103 Å². The van der Waals surface area contributed by atoms with Crippen LogP contribution in [0.2, 0.25) is 0 Å². The molecule has 0 aromatic carbocycles. The molecule has 4 N–H and O–H groups in total. The number of hydrogen-bond donors (Lipinski definition) is 3. The normalized spacial score (nSPS) is 15.3. The molecule has 0 aromatic heterocycles. The van der Waals surface area contributed by atoms with Crippen molar-refractivity contribution in [2.75, 3.05) is 0 Å². The van der Waals surface area contributed by atoms with Crippen molar-refractivity contribution in [3.05, 3.63) is 0 Å². The highest BCUT2D eigenvalue weighted by Gasteiger charge is 2.18. The summed E-state index contributed by atoms with van der Waals surface area (Å²) >= 11 is 0. The standard InChI is InChI=1S/C10H21N3O2.ClH/c1-5-6(2)12-10(15)8(4)13-9(14)7(3)11;/h6-8H,5,11H2,1-4H3,(H,12,15)(H,13,14);1H/t6?,7-,8?;/m0./s1. The van der Waals surface area contributed by atoms with E-state index in [1.165, 1.54) is 0 Å². The Morgan fingerprint density at radius 1 is 1.12 bits per heavy atom. The molecule has 16 heavy (non-hydrogen) atoms. The van der Waals surface area contributed by atoms with E-state index in [4.69, 9.17) is 5.73 Å². The molecule has 0 saturated carbocycles. The fourth-order valence-electron chi connectivity index (χ4n) is 0.880. The third-order valence-electron chi connectivity index (χ3n) is 2.17. The summed E-state index contributed by atoms with van der Waals surface area (Å²) in [6.45, 7) is 7.11. The number of nitrogens with two attached hydrogens (primary N) is 1. The molecule has 2 amide bonds. The second-order valence-electron chi connectivity index (χ2n) is 3.84. The molecular formula is C10H22ClN3O2. The van der Waals surface area contributed by atoms with Gasteiger partial charge in [-0.2, -0.15) is 0 Å². The monoisotopic (exact) mass is 251 g/mol. The van der Waals surface area contributed by atoms with Gasteiger partial charge in [0.05, 0.1) is 6.04 Å². The number of halogens is 1. The largest absolute Gasteiger partial charge is 0.352 e. The van der Waals surface area contributed by atoms with Gasteiger partial charge in [-0.25, -0.2) is 0 Å². The topological polar surface area (TPSA) is 84.2 Å². The van der Waals surface area contributed by atoms with E-state index >= 15 is 0 Å². The molecule has 3 atom stereocenters. The Morgan fingerprint density at radius 3 is 2.00 bits per heavy atom. The highest BCUT2D eigenvalue weighted by molar-refractivity contribution is 5.89. The molecule has 0 fully saturated rings. The van der Waals surface area contributed by atoms with Gasteiger partial charge in [-0.15, -0.1) is 12.4 Å². The fourth-order valence-corrected chi connectivity index (χ4v) is 0.880. The summed E-state index contributed by atoms with van der Waals surface area (Å²) in [5.41, 5.74) is 5.37. The third-order valence-corrected chi connectivity index (χ3v) is 2.17. The highest BCUT2D eigenvalue weighted by Crippen LogP contribution is 1.91. The first-order valence-corrected chi connectivity index (χ1v) is 5.24. The number of amides is 2. The van der Waals surface area contributed by atoms with E-state index in [0.717, 1.165) is 6.42 Å². The van der Waals surface area contributed by atoms with Crippen molar-refractivity contribution in [1.29, 1.82) is 0 Å². The Balaban J connectivity index is 0. The average molecular weight is 252 g/mol. The molecule has 6 heteroatoms. The summed E-state index contributed by atoms with van der Waals surface area (Å²) in [4.78, 5) is 22.7. The van der Waals surface area contributed by atoms with E-state index in [1.54, 1.807) is 13.8 Å². The number of carbonyl (C=O) groups excluding carboxylic acids is 2. The molecule has 2 unspecified atom stereocenters. The number of nitrogens with one attached hydrogen (secondary N) is 2. The Bertz CT molecular complexity index is 234. The molecule has 0 aliphatic heterocycles. The van der Waals surface area contributed by atoms with Gasteiger partial charge in [0.1, 0.15) is 6.04 Å². The van der Waals surface area contributed by atoms with Crippen LogP contribution in [-0.2, 0) is 9.59 Å². The molecule has 0 heterocycles. The summed E-state index contributed by atoms with van der Waals surface area (Å²) in [6, 6.07) is -1.02. The van der Waals surface area contributed by atoms with Gasteiger partial charge in [0.25, 0.3) is 0 Å². The van der Waals surface area contributed by atoms with E-state index < -0.39 is 12.1 Å². The van der Waals surface area contributed by atoms with E-state index in [9.17, 15) is 9.59 Å². The van der Waals surface area contributed by atoms with Crippen molar-refractivity contribution in [1.82, 2.24) is 10.6 Å². The smallest absolute Gasteiger partial charge is 0.242 e. The molecule has 0 saturated heterocycles. The van der Waals surface area contributed by atoms with Gasteiger partial charge in [0.15, 0.2) is 0 Å². The van der Waals surface area contributed by atoms with Gasteiger partial charge < -0.3 is 16.4 Å². The molecule has 0 aliphatic rings. The lowest BCUT2D eigenvalue weighted by molar-refractivity contribution is -0.129. The van der Waals surface area contributed by atoms with Gasteiger partial charge in [-0.3, -0.25) is 9.59 Å². The molecule has 96 valence electrons. The average Bonchev–Trinajstić information content (AvgIpc) is 2.16. The predicted molar refractivity (Wildman–Crippen MR) is 66.4 cm³/mol. The first-order valence-electron chi connectivity index (χ1n) is 5.24. The minimum absolute atomic E-state index is 0. The van der Waals surface area contributed by atoms with Crippen molar-refractivity contribution in [2.24, 2.45) is 5.73 Å². The van der Waals surface area contributed by atoms with E-state index in [2.05, 4.69) is 10.6 Å². The van der Waals surface area contributed by atoms with Crippen LogP contribution < -0.4 is 16.4 Å². The maximum atomic E-state index is 11.5. The Hall–Kier alpha value is -0.810. The van der Waals surface area contributed by atoms with Gasteiger partial charge in [0.2, 0.25) is 11.8 Å². The number of hydrogen-bond acceptors (Lipinski definition) is 3. The Kier molecular flexibility index (Phi) is 9.18. The summed E-state index contributed by atoms with van der Waals surface area (Å²) in [6.07, 6.45) is 0.861. The summed E-state index contributed by atoms with van der Waals surface area (Å²) < 4.78 is 0. The van der Waals surface area contributed by atoms with Crippen LogP contribution in [0, 0.1) is 0 Å². The lowest BCUT2D eigenvalue weighted by atomic mass is 10.2. The second kappa shape index (κ2) is 8.35. The predicted octanol–water partition coefficient (Wildman–Crippen LogP) is 0.175.